The summed E-state index contributed by atoms with van der Waals surface area (Å²) >= 11 is 1.35. The van der Waals surface area contributed by atoms with Crippen LogP contribution in [0.3, 0.4) is 0 Å². The number of aromatic nitrogens is 1. The highest BCUT2D eigenvalue weighted by Gasteiger charge is 2.09. The van der Waals surface area contributed by atoms with E-state index in [1.54, 1.807) is 19.1 Å². The van der Waals surface area contributed by atoms with Crippen LogP contribution in [0.25, 0.3) is 10.9 Å². The standard InChI is InChI=1S/C16H14FNOS/c1-10(19)11-6-7-15(13(17)8-11)20-16-9-12-4-2-3-5-14(12)18-16/h2-10,18-19H,1H3. The quantitative estimate of drug-likeness (QED) is 0.743. The van der Waals surface area contributed by atoms with Gasteiger partial charge in [-0.1, -0.05) is 36.0 Å². The molecule has 0 radical (unpaired) electrons. The van der Waals surface area contributed by atoms with Gasteiger partial charge in [0.25, 0.3) is 0 Å². The number of aromatic amines is 1. The monoisotopic (exact) mass is 287 g/mol. The van der Waals surface area contributed by atoms with Crippen LogP contribution in [0.1, 0.15) is 18.6 Å². The summed E-state index contributed by atoms with van der Waals surface area (Å²) in [5.74, 6) is -0.313. The fourth-order valence-electron chi connectivity index (χ4n) is 2.08. The molecule has 4 heteroatoms. The van der Waals surface area contributed by atoms with Gasteiger partial charge in [0.15, 0.2) is 0 Å². The van der Waals surface area contributed by atoms with Crippen LogP contribution < -0.4 is 0 Å². The van der Waals surface area contributed by atoms with Crippen LogP contribution in [0.2, 0.25) is 0 Å². The number of hydrogen-bond donors (Lipinski definition) is 2. The number of halogens is 1. The Morgan fingerprint density at radius 2 is 1.95 bits per heavy atom. The first kappa shape index (κ1) is 13.2. The molecule has 2 nitrogen and oxygen atoms in total. The third-order valence-corrected chi connectivity index (χ3v) is 4.15. The Morgan fingerprint density at radius 1 is 1.15 bits per heavy atom. The maximum absolute atomic E-state index is 14.0. The molecular weight excluding hydrogens is 273 g/mol. The molecule has 0 bridgehead atoms. The van der Waals surface area contributed by atoms with Gasteiger partial charge in [0.1, 0.15) is 5.82 Å². The molecule has 2 aromatic carbocycles. The molecule has 2 N–H and O–H groups in total. The Bertz CT molecular complexity index is 718. The number of aliphatic hydroxyl groups is 1. The summed E-state index contributed by atoms with van der Waals surface area (Å²) in [6.45, 7) is 1.62. The first-order valence-corrected chi connectivity index (χ1v) is 7.18. The van der Waals surface area contributed by atoms with Gasteiger partial charge in [-0.05, 0) is 36.8 Å². The zero-order chi connectivity index (χ0) is 14.1. The Balaban J connectivity index is 1.90. The molecule has 1 heterocycles. The van der Waals surface area contributed by atoms with Crippen molar-refractivity contribution < 1.29 is 9.50 Å². The number of para-hydroxylation sites is 1. The number of benzene rings is 2. The van der Waals surface area contributed by atoms with Crippen molar-refractivity contribution >= 4 is 22.7 Å². The maximum atomic E-state index is 14.0. The fourth-order valence-corrected chi connectivity index (χ4v) is 2.96. The van der Waals surface area contributed by atoms with Crippen LogP contribution >= 0.6 is 11.8 Å². The van der Waals surface area contributed by atoms with E-state index in [1.807, 2.05) is 30.3 Å². The van der Waals surface area contributed by atoms with Crippen LogP contribution in [0.15, 0.2) is 58.5 Å². The van der Waals surface area contributed by atoms with Crippen molar-refractivity contribution in [3.63, 3.8) is 0 Å². The minimum Gasteiger partial charge on any atom is -0.389 e. The zero-order valence-corrected chi connectivity index (χ0v) is 11.7. The molecule has 3 aromatic rings. The summed E-state index contributed by atoms with van der Waals surface area (Å²) in [5.41, 5.74) is 1.62. The lowest BCUT2D eigenvalue weighted by atomic mass is 10.1. The van der Waals surface area contributed by atoms with Gasteiger partial charge in [-0.3, -0.25) is 0 Å². The molecule has 1 aromatic heterocycles. The summed E-state index contributed by atoms with van der Waals surface area (Å²) in [4.78, 5) is 3.80. The molecule has 1 atom stereocenters. The lowest BCUT2D eigenvalue weighted by molar-refractivity contribution is 0.198. The van der Waals surface area contributed by atoms with E-state index in [9.17, 15) is 9.50 Å². The fraction of sp³-hybridized carbons (Fsp3) is 0.125. The minimum absolute atomic E-state index is 0.313. The van der Waals surface area contributed by atoms with E-state index in [1.165, 1.54) is 17.8 Å². The SMILES string of the molecule is CC(O)c1ccc(Sc2cc3ccccc3[nH]2)c(F)c1. The lowest BCUT2D eigenvalue weighted by Crippen LogP contribution is -1.92. The average Bonchev–Trinajstić information content (AvgIpc) is 2.83. The van der Waals surface area contributed by atoms with Crippen molar-refractivity contribution in [1.29, 1.82) is 0 Å². The summed E-state index contributed by atoms with van der Waals surface area (Å²) in [7, 11) is 0. The van der Waals surface area contributed by atoms with E-state index >= 15 is 0 Å². The first-order chi connectivity index (χ1) is 9.63. The summed E-state index contributed by atoms with van der Waals surface area (Å²) in [6.07, 6.45) is -0.656. The number of aliphatic hydroxyl groups excluding tert-OH is 1. The molecule has 0 aliphatic carbocycles. The highest BCUT2D eigenvalue weighted by molar-refractivity contribution is 7.99. The Morgan fingerprint density at radius 3 is 2.65 bits per heavy atom. The number of rotatable bonds is 3. The van der Waals surface area contributed by atoms with E-state index < -0.39 is 6.10 Å². The van der Waals surface area contributed by atoms with Gasteiger partial charge in [-0.25, -0.2) is 4.39 Å². The topological polar surface area (TPSA) is 36.0 Å². The number of hydrogen-bond acceptors (Lipinski definition) is 2. The summed E-state index contributed by atoms with van der Waals surface area (Å²) < 4.78 is 14.0. The van der Waals surface area contributed by atoms with E-state index in [0.717, 1.165) is 15.9 Å². The van der Waals surface area contributed by atoms with Crippen molar-refractivity contribution in [2.24, 2.45) is 0 Å². The number of H-pyrrole nitrogens is 1. The first-order valence-electron chi connectivity index (χ1n) is 6.36. The van der Waals surface area contributed by atoms with Crippen molar-refractivity contribution in [2.75, 3.05) is 0 Å². The molecular formula is C16H14FNOS. The molecule has 0 spiro atoms. The number of nitrogens with one attached hydrogen (secondary N) is 1. The Kier molecular flexibility index (Phi) is 3.51. The molecule has 0 saturated heterocycles. The van der Waals surface area contributed by atoms with Crippen molar-refractivity contribution in [3.05, 3.63) is 59.9 Å². The maximum Gasteiger partial charge on any atom is 0.137 e. The predicted molar refractivity (Wildman–Crippen MR) is 79.5 cm³/mol. The van der Waals surface area contributed by atoms with Crippen LogP contribution in [0, 0.1) is 5.82 Å². The van der Waals surface area contributed by atoms with E-state index in [0.29, 0.717) is 10.5 Å². The van der Waals surface area contributed by atoms with E-state index in [4.69, 9.17) is 0 Å². The second kappa shape index (κ2) is 5.31. The molecule has 0 aliphatic heterocycles. The molecule has 102 valence electrons. The molecule has 0 aliphatic rings. The zero-order valence-electron chi connectivity index (χ0n) is 10.9. The van der Waals surface area contributed by atoms with Crippen LogP contribution in [-0.2, 0) is 0 Å². The molecule has 3 rings (SSSR count). The van der Waals surface area contributed by atoms with Crippen molar-refractivity contribution in [2.45, 2.75) is 22.9 Å². The van der Waals surface area contributed by atoms with Gasteiger partial charge in [-0.15, -0.1) is 0 Å². The molecule has 20 heavy (non-hydrogen) atoms. The third-order valence-electron chi connectivity index (χ3n) is 3.16. The van der Waals surface area contributed by atoms with Crippen LogP contribution in [0.4, 0.5) is 4.39 Å². The predicted octanol–water partition coefficient (Wildman–Crippen LogP) is 4.51. The van der Waals surface area contributed by atoms with Gasteiger partial charge in [0.2, 0.25) is 0 Å². The number of fused-ring (bicyclic) bond motifs is 1. The Hall–Kier alpha value is -1.78. The van der Waals surface area contributed by atoms with Gasteiger partial charge in [-0.2, -0.15) is 0 Å². The van der Waals surface area contributed by atoms with Gasteiger partial charge >= 0.3 is 0 Å². The normalized spacial score (nSPS) is 12.8. The molecule has 1 unspecified atom stereocenters. The largest absolute Gasteiger partial charge is 0.389 e. The van der Waals surface area contributed by atoms with Crippen molar-refractivity contribution in [1.82, 2.24) is 4.98 Å². The third kappa shape index (κ3) is 2.57. The van der Waals surface area contributed by atoms with E-state index in [2.05, 4.69) is 4.98 Å². The summed E-state index contributed by atoms with van der Waals surface area (Å²) in [6, 6.07) is 14.8. The Labute approximate surface area is 120 Å². The smallest absolute Gasteiger partial charge is 0.137 e. The molecule has 0 amide bonds. The highest BCUT2D eigenvalue weighted by atomic mass is 32.2. The second-order valence-corrected chi connectivity index (χ2v) is 5.77. The highest BCUT2D eigenvalue weighted by Crippen LogP contribution is 2.32. The van der Waals surface area contributed by atoms with Crippen LogP contribution in [-0.4, -0.2) is 10.1 Å². The lowest BCUT2D eigenvalue weighted by Gasteiger charge is -2.07. The van der Waals surface area contributed by atoms with Gasteiger partial charge in [0, 0.05) is 15.8 Å². The van der Waals surface area contributed by atoms with E-state index in [-0.39, 0.29) is 5.82 Å². The average molecular weight is 287 g/mol. The molecule has 0 saturated carbocycles. The van der Waals surface area contributed by atoms with Gasteiger partial charge < -0.3 is 10.1 Å². The second-order valence-electron chi connectivity index (χ2n) is 4.69. The van der Waals surface area contributed by atoms with Gasteiger partial charge in [0.05, 0.1) is 11.1 Å². The summed E-state index contributed by atoms with van der Waals surface area (Å²) in [5, 5.41) is 11.4. The van der Waals surface area contributed by atoms with Crippen LogP contribution in [0.5, 0.6) is 0 Å². The molecule has 0 fully saturated rings. The minimum atomic E-state index is -0.656. The van der Waals surface area contributed by atoms with Crippen molar-refractivity contribution in [3.8, 4) is 0 Å².